The van der Waals surface area contributed by atoms with E-state index in [1.165, 1.54) is 0 Å². The fourth-order valence-electron chi connectivity index (χ4n) is 3.48. The lowest BCUT2D eigenvalue weighted by Crippen LogP contribution is -2.57. The lowest BCUT2D eigenvalue weighted by molar-refractivity contribution is -0.136. The molecule has 30 heavy (non-hydrogen) atoms. The standard InChI is InChI=1S/C22H34N4O4/c1-5-17-9-7-8-10-18(17)23-19(27)15-25-11-13-26(14-12-25)21(28)20(16(3)4)24-22(29)30-6-2/h7-10,16,20H,5-6,11-15H2,1-4H3,(H,23,27)(H,24,29). The van der Waals surface area contributed by atoms with Crippen molar-refractivity contribution in [3.63, 3.8) is 0 Å². The first kappa shape index (κ1) is 23.7. The first-order valence-corrected chi connectivity index (χ1v) is 10.7. The molecule has 166 valence electrons. The number of ether oxygens (including phenoxy) is 1. The zero-order valence-corrected chi connectivity index (χ0v) is 18.4. The summed E-state index contributed by atoms with van der Waals surface area (Å²) in [5.74, 6) is -0.219. The number of aryl methyl sites for hydroxylation is 1. The molecule has 2 rings (SSSR count). The molecule has 0 radical (unpaired) electrons. The summed E-state index contributed by atoms with van der Waals surface area (Å²) in [6.07, 6.45) is 0.279. The van der Waals surface area contributed by atoms with E-state index >= 15 is 0 Å². The van der Waals surface area contributed by atoms with E-state index in [-0.39, 0.29) is 30.9 Å². The van der Waals surface area contributed by atoms with Gasteiger partial charge in [0.25, 0.3) is 0 Å². The van der Waals surface area contributed by atoms with Crippen LogP contribution in [0.1, 0.15) is 33.3 Å². The summed E-state index contributed by atoms with van der Waals surface area (Å²) in [6.45, 7) is 10.4. The van der Waals surface area contributed by atoms with Gasteiger partial charge < -0.3 is 20.3 Å². The summed E-state index contributed by atoms with van der Waals surface area (Å²) in [4.78, 5) is 40.9. The number of amides is 3. The Morgan fingerprint density at radius 1 is 1.07 bits per heavy atom. The Labute approximate surface area is 178 Å². The third-order valence-corrected chi connectivity index (χ3v) is 5.21. The van der Waals surface area contributed by atoms with Gasteiger partial charge in [-0.05, 0) is 30.9 Å². The largest absolute Gasteiger partial charge is 0.450 e. The Morgan fingerprint density at radius 2 is 1.73 bits per heavy atom. The summed E-state index contributed by atoms with van der Waals surface area (Å²) in [5, 5.41) is 5.65. The van der Waals surface area contributed by atoms with Gasteiger partial charge in [0.05, 0.1) is 13.2 Å². The number of nitrogens with zero attached hydrogens (tertiary/aromatic N) is 2. The second-order valence-electron chi connectivity index (χ2n) is 7.75. The topological polar surface area (TPSA) is 91.0 Å². The highest BCUT2D eigenvalue weighted by Gasteiger charge is 2.31. The Bertz CT molecular complexity index is 730. The van der Waals surface area contributed by atoms with Gasteiger partial charge in [0.1, 0.15) is 6.04 Å². The number of anilines is 1. The van der Waals surface area contributed by atoms with E-state index < -0.39 is 12.1 Å². The van der Waals surface area contributed by atoms with Gasteiger partial charge in [0.15, 0.2) is 0 Å². The molecule has 1 atom stereocenters. The summed E-state index contributed by atoms with van der Waals surface area (Å²) >= 11 is 0. The van der Waals surface area contributed by atoms with Crippen LogP contribution in [0.2, 0.25) is 0 Å². The van der Waals surface area contributed by atoms with Crippen LogP contribution in [0.3, 0.4) is 0 Å². The predicted molar refractivity (Wildman–Crippen MR) is 116 cm³/mol. The highest BCUT2D eigenvalue weighted by molar-refractivity contribution is 5.93. The highest BCUT2D eigenvalue weighted by Crippen LogP contribution is 2.16. The van der Waals surface area contributed by atoms with E-state index in [0.29, 0.717) is 26.2 Å². The van der Waals surface area contributed by atoms with Crippen LogP contribution in [0.15, 0.2) is 24.3 Å². The number of carbonyl (C=O) groups is 3. The van der Waals surface area contributed by atoms with Gasteiger partial charge >= 0.3 is 6.09 Å². The maximum Gasteiger partial charge on any atom is 0.407 e. The normalized spacial score (nSPS) is 15.6. The van der Waals surface area contributed by atoms with Crippen LogP contribution in [0, 0.1) is 5.92 Å². The average molecular weight is 419 g/mol. The number of benzene rings is 1. The van der Waals surface area contributed by atoms with E-state index in [4.69, 9.17) is 4.74 Å². The van der Waals surface area contributed by atoms with Crippen molar-refractivity contribution in [2.75, 3.05) is 44.6 Å². The molecular formula is C22H34N4O4. The first-order valence-electron chi connectivity index (χ1n) is 10.7. The van der Waals surface area contributed by atoms with Crippen molar-refractivity contribution in [3.8, 4) is 0 Å². The van der Waals surface area contributed by atoms with Crippen molar-refractivity contribution in [2.45, 2.75) is 40.2 Å². The second-order valence-corrected chi connectivity index (χ2v) is 7.75. The smallest absolute Gasteiger partial charge is 0.407 e. The van der Waals surface area contributed by atoms with Crippen LogP contribution in [0.25, 0.3) is 0 Å². The van der Waals surface area contributed by atoms with Crippen LogP contribution >= 0.6 is 0 Å². The highest BCUT2D eigenvalue weighted by atomic mass is 16.5. The maximum absolute atomic E-state index is 12.9. The van der Waals surface area contributed by atoms with E-state index in [1.807, 2.05) is 43.0 Å². The minimum Gasteiger partial charge on any atom is -0.450 e. The molecule has 1 aliphatic heterocycles. The van der Waals surface area contributed by atoms with Crippen molar-refractivity contribution in [3.05, 3.63) is 29.8 Å². The Balaban J connectivity index is 1.85. The monoisotopic (exact) mass is 418 g/mol. The zero-order chi connectivity index (χ0) is 22.1. The maximum atomic E-state index is 12.9. The zero-order valence-electron chi connectivity index (χ0n) is 18.4. The van der Waals surface area contributed by atoms with Gasteiger partial charge in [-0.1, -0.05) is 39.0 Å². The number of hydrogen-bond acceptors (Lipinski definition) is 5. The van der Waals surface area contributed by atoms with E-state index in [1.54, 1.807) is 11.8 Å². The van der Waals surface area contributed by atoms with E-state index in [2.05, 4.69) is 17.6 Å². The molecule has 3 amide bonds. The summed E-state index contributed by atoms with van der Waals surface area (Å²) < 4.78 is 4.91. The number of alkyl carbamates (subject to hydrolysis) is 1. The molecule has 8 heteroatoms. The molecule has 0 spiro atoms. The molecule has 0 bridgehead atoms. The lowest BCUT2D eigenvalue weighted by atomic mass is 10.0. The van der Waals surface area contributed by atoms with Crippen molar-refractivity contribution >= 4 is 23.6 Å². The molecule has 8 nitrogen and oxygen atoms in total. The van der Waals surface area contributed by atoms with Gasteiger partial charge in [-0.3, -0.25) is 14.5 Å². The van der Waals surface area contributed by atoms with Crippen LogP contribution < -0.4 is 10.6 Å². The van der Waals surface area contributed by atoms with Crippen molar-refractivity contribution in [1.29, 1.82) is 0 Å². The predicted octanol–water partition coefficient (Wildman–Crippen LogP) is 2.10. The number of carbonyl (C=O) groups excluding carboxylic acids is 3. The number of rotatable bonds is 8. The molecule has 2 N–H and O–H groups in total. The van der Waals surface area contributed by atoms with Crippen LogP contribution in [-0.4, -0.2) is 73.1 Å². The number of nitrogens with one attached hydrogen (secondary N) is 2. The van der Waals surface area contributed by atoms with Gasteiger partial charge in [-0.15, -0.1) is 0 Å². The quantitative estimate of drug-likeness (QED) is 0.675. The first-order chi connectivity index (χ1) is 14.3. The van der Waals surface area contributed by atoms with Crippen LogP contribution in [-0.2, 0) is 20.7 Å². The van der Waals surface area contributed by atoms with Crippen LogP contribution in [0.5, 0.6) is 0 Å². The van der Waals surface area contributed by atoms with E-state index in [0.717, 1.165) is 17.7 Å². The summed E-state index contributed by atoms with van der Waals surface area (Å²) in [5.41, 5.74) is 1.96. The summed E-state index contributed by atoms with van der Waals surface area (Å²) in [6, 6.07) is 7.18. The van der Waals surface area contributed by atoms with Crippen molar-refractivity contribution < 1.29 is 19.1 Å². The Kier molecular flexibility index (Phi) is 9.11. The lowest BCUT2D eigenvalue weighted by Gasteiger charge is -2.36. The molecule has 1 aromatic rings. The fourth-order valence-corrected chi connectivity index (χ4v) is 3.48. The number of piperazine rings is 1. The minimum atomic E-state index is -0.621. The van der Waals surface area contributed by atoms with E-state index in [9.17, 15) is 14.4 Å². The molecule has 1 unspecified atom stereocenters. The molecule has 1 aromatic carbocycles. The average Bonchev–Trinajstić information content (AvgIpc) is 2.72. The van der Waals surface area contributed by atoms with Crippen molar-refractivity contribution in [1.82, 2.24) is 15.1 Å². The van der Waals surface area contributed by atoms with Crippen LogP contribution in [0.4, 0.5) is 10.5 Å². The molecule has 0 aromatic heterocycles. The number of hydrogen-bond donors (Lipinski definition) is 2. The van der Waals surface area contributed by atoms with Gasteiger partial charge in [0.2, 0.25) is 11.8 Å². The molecule has 0 aliphatic carbocycles. The molecule has 0 saturated carbocycles. The third kappa shape index (κ3) is 6.73. The second kappa shape index (κ2) is 11.5. The molecule has 1 saturated heterocycles. The third-order valence-electron chi connectivity index (χ3n) is 5.21. The minimum absolute atomic E-state index is 0.0515. The fraction of sp³-hybridized carbons (Fsp3) is 0.591. The van der Waals surface area contributed by atoms with Gasteiger partial charge in [-0.2, -0.15) is 0 Å². The Morgan fingerprint density at radius 3 is 2.33 bits per heavy atom. The SMILES string of the molecule is CCOC(=O)NC(C(=O)N1CCN(CC(=O)Nc2ccccc2CC)CC1)C(C)C. The molecule has 1 fully saturated rings. The molecular weight excluding hydrogens is 384 g/mol. The summed E-state index contributed by atoms with van der Waals surface area (Å²) in [7, 11) is 0. The molecule has 1 heterocycles. The van der Waals surface area contributed by atoms with Crippen molar-refractivity contribution in [2.24, 2.45) is 5.92 Å². The van der Waals surface area contributed by atoms with Gasteiger partial charge in [0, 0.05) is 31.9 Å². The Hall–Kier alpha value is -2.61. The van der Waals surface area contributed by atoms with Gasteiger partial charge in [-0.25, -0.2) is 4.79 Å². The number of para-hydroxylation sites is 1. The molecule has 1 aliphatic rings.